The van der Waals surface area contributed by atoms with E-state index in [-0.39, 0.29) is 5.82 Å². The fourth-order valence-corrected chi connectivity index (χ4v) is 2.28. The topological polar surface area (TPSA) is 21.3 Å². The first-order valence-corrected chi connectivity index (χ1v) is 5.87. The molecule has 0 heterocycles. The second-order valence-electron chi connectivity index (χ2n) is 4.38. The van der Waals surface area contributed by atoms with Crippen molar-refractivity contribution >= 4 is 5.69 Å². The molecule has 0 unspecified atom stereocenters. The fraction of sp³-hybridized carbons (Fsp3) is 0.538. The summed E-state index contributed by atoms with van der Waals surface area (Å²) in [5.41, 5.74) is 0.885. The standard InChI is InChI=1S/C13H18FNO/c1-16-13-8-11(14)6-7-12(13)15-9-10-4-2-3-5-10/h6-8,10,15H,2-5,9H2,1H3. The van der Waals surface area contributed by atoms with Crippen molar-refractivity contribution in [2.24, 2.45) is 5.92 Å². The lowest BCUT2D eigenvalue weighted by Crippen LogP contribution is -2.11. The number of halogens is 1. The van der Waals surface area contributed by atoms with E-state index in [1.165, 1.54) is 37.8 Å². The molecule has 16 heavy (non-hydrogen) atoms. The SMILES string of the molecule is COc1cc(F)ccc1NCC1CCCC1. The van der Waals surface area contributed by atoms with E-state index in [0.29, 0.717) is 5.75 Å². The number of ether oxygens (including phenoxy) is 1. The number of rotatable bonds is 4. The van der Waals surface area contributed by atoms with Crippen molar-refractivity contribution in [2.45, 2.75) is 25.7 Å². The van der Waals surface area contributed by atoms with E-state index in [9.17, 15) is 4.39 Å². The van der Waals surface area contributed by atoms with Crippen molar-refractivity contribution in [3.05, 3.63) is 24.0 Å². The van der Waals surface area contributed by atoms with Crippen LogP contribution in [0.25, 0.3) is 0 Å². The Kier molecular flexibility index (Phi) is 3.65. The van der Waals surface area contributed by atoms with Crippen LogP contribution in [-0.2, 0) is 0 Å². The largest absolute Gasteiger partial charge is 0.494 e. The molecular formula is C13H18FNO. The first-order valence-electron chi connectivity index (χ1n) is 5.87. The lowest BCUT2D eigenvalue weighted by Gasteiger charge is -2.14. The highest BCUT2D eigenvalue weighted by Crippen LogP contribution is 2.28. The Morgan fingerprint density at radius 3 is 2.81 bits per heavy atom. The summed E-state index contributed by atoms with van der Waals surface area (Å²) in [6, 6.07) is 4.61. The average Bonchev–Trinajstić information content (AvgIpc) is 2.80. The Morgan fingerprint density at radius 2 is 2.12 bits per heavy atom. The van der Waals surface area contributed by atoms with Crippen molar-refractivity contribution in [1.82, 2.24) is 0 Å². The summed E-state index contributed by atoms with van der Waals surface area (Å²) in [4.78, 5) is 0. The van der Waals surface area contributed by atoms with Gasteiger partial charge in [0.15, 0.2) is 0 Å². The summed E-state index contributed by atoms with van der Waals surface area (Å²) >= 11 is 0. The number of benzene rings is 1. The summed E-state index contributed by atoms with van der Waals surface area (Å²) < 4.78 is 18.1. The predicted molar refractivity (Wildman–Crippen MR) is 63.4 cm³/mol. The summed E-state index contributed by atoms with van der Waals surface area (Å²) in [6.45, 7) is 0.960. The normalized spacial score (nSPS) is 16.4. The highest BCUT2D eigenvalue weighted by atomic mass is 19.1. The zero-order valence-electron chi connectivity index (χ0n) is 9.63. The van der Waals surface area contributed by atoms with Gasteiger partial charge in [-0.15, -0.1) is 0 Å². The van der Waals surface area contributed by atoms with Crippen LogP contribution in [0.3, 0.4) is 0 Å². The third-order valence-corrected chi connectivity index (χ3v) is 3.22. The van der Waals surface area contributed by atoms with Crippen LogP contribution in [0, 0.1) is 11.7 Å². The van der Waals surface area contributed by atoms with Gasteiger partial charge in [-0.05, 0) is 30.9 Å². The zero-order chi connectivity index (χ0) is 11.4. The molecule has 0 saturated heterocycles. The van der Waals surface area contributed by atoms with E-state index in [0.717, 1.165) is 18.2 Å². The van der Waals surface area contributed by atoms with Crippen molar-refractivity contribution < 1.29 is 9.13 Å². The highest BCUT2D eigenvalue weighted by Gasteiger charge is 2.15. The first-order chi connectivity index (χ1) is 7.79. The molecule has 1 N–H and O–H groups in total. The minimum Gasteiger partial charge on any atom is -0.494 e. The molecule has 0 amide bonds. The van der Waals surface area contributed by atoms with Gasteiger partial charge >= 0.3 is 0 Å². The molecule has 1 fully saturated rings. The Hall–Kier alpha value is -1.25. The number of hydrogen-bond donors (Lipinski definition) is 1. The maximum absolute atomic E-state index is 13.0. The van der Waals surface area contributed by atoms with Crippen LogP contribution in [0.1, 0.15) is 25.7 Å². The van der Waals surface area contributed by atoms with Crippen LogP contribution < -0.4 is 10.1 Å². The van der Waals surface area contributed by atoms with Gasteiger partial charge in [-0.1, -0.05) is 12.8 Å². The van der Waals surface area contributed by atoms with Gasteiger partial charge in [0, 0.05) is 12.6 Å². The lowest BCUT2D eigenvalue weighted by molar-refractivity contribution is 0.412. The van der Waals surface area contributed by atoms with Gasteiger partial charge in [-0.3, -0.25) is 0 Å². The Morgan fingerprint density at radius 1 is 1.38 bits per heavy atom. The molecule has 0 spiro atoms. The smallest absolute Gasteiger partial charge is 0.144 e. The molecule has 1 saturated carbocycles. The maximum Gasteiger partial charge on any atom is 0.144 e. The highest BCUT2D eigenvalue weighted by molar-refractivity contribution is 5.56. The summed E-state index contributed by atoms with van der Waals surface area (Å²) in [7, 11) is 1.57. The van der Waals surface area contributed by atoms with Crippen LogP contribution in [0.5, 0.6) is 5.75 Å². The summed E-state index contributed by atoms with van der Waals surface area (Å²) in [5, 5.41) is 3.34. The second-order valence-corrected chi connectivity index (χ2v) is 4.38. The van der Waals surface area contributed by atoms with Gasteiger partial charge in [0.05, 0.1) is 12.8 Å². The van der Waals surface area contributed by atoms with E-state index in [2.05, 4.69) is 5.32 Å². The molecule has 3 heteroatoms. The molecule has 0 atom stereocenters. The van der Waals surface area contributed by atoms with Crippen LogP contribution >= 0.6 is 0 Å². The van der Waals surface area contributed by atoms with Gasteiger partial charge in [0.2, 0.25) is 0 Å². The Balaban J connectivity index is 1.97. The zero-order valence-corrected chi connectivity index (χ0v) is 9.63. The number of nitrogens with one attached hydrogen (secondary N) is 1. The van der Waals surface area contributed by atoms with Crippen LogP contribution in [-0.4, -0.2) is 13.7 Å². The molecule has 88 valence electrons. The third kappa shape index (κ3) is 2.65. The molecule has 1 aliphatic carbocycles. The maximum atomic E-state index is 13.0. The number of hydrogen-bond acceptors (Lipinski definition) is 2. The van der Waals surface area contributed by atoms with Crippen molar-refractivity contribution in [2.75, 3.05) is 19.0 Å². The monoisotopic (exact) mass is 223 g/mol. The molecule has 1 aromatic carbocycles. The van der Waals surface area contributed by atoms with Crippen LogP contribution in [0.4, 0.5) is 10.1 Å². The number of methoxy groups -OCH3 is 1. The molecule has 2 nitrogen and oxygen atoms in total. The van der Waals surface area contributed by atoms with Gasteiger partial charge in [-0.2, -0.15) is 0 Å². The fourth-order valence-electron chi connectivity index (χ4n) is 2.28. The number of anilines is 1. The van der Waals surface area contributed by atoms with Gasteiger partial charge in [-0.25, -0.2) is 4.39 Å². The van der Waals surface area contributed by atoms with Gasteiger partial charge in [0.1, 0.15) is 11.6 Å². The van der Waals surface area contributed by atoms with E-state index in [4.69, 9.17) is 4.74 Å². The minimum atomic E-state index is -0.261. The summed E-state index contributed by atoms with van der Waals surface area (Å²) in [6.07, 6.45) is 5.28. The molecular weight excluding hydrogens is 205 g/mol. The first kappa shape index (κ1) is 11.2. The summed E-state index contributed by atoms with van der Waals surface area (Å²) in [5.74, 6) is 1.08. The Labute approximate surface area is 95.8 Å². The van der Waals surface area contributed by atoms with E-state index in [1.807, 2.05) is 0 Å². The second kappa shape index (κ2) is 5.19. The molecule has 0 bridgehead atoms. The van der Waals surface area contributed by atoms with Gasteiger partial charge in [0.25, 0.3) is 0 Å². The molecule has 0 radical (unpaired) electrons. The van der Waals surface area contributed by atoms with Crippen LogP contribution in [0.15, 0.2) is 18.2 Å². The van der Waals surface area contributed by atoms with E-state index >= 15 is 0 Å². The van der Waals surface area contributed by atoms with E-state index < -0.39 is 0 Å². The minimum absolute atomic E-state index is 0.261. The van der Waals surface area contributed by atoms with Crippen molar-refractivity contribution in [1.29, 1.82) is 0 Å². The van der Waals surface area contributed by atoms with Crippen molar-refractivity contribution in [3.63, 3.8) is 0 Å². The molecule has 1 aromatic rings. The van der Waals surface area contributed by atoms with E-state index in [1.54, 1.807) is 13.2 Å². The van der Waals surface area contributed by atoms with Crippen molar-refractivity contribution in [3.8, 4) is 5.75 Å². The third-order valence-electron chi connectivity index (χ3n) is 3.22. The quantitative estimate of drug-likeness (QED) is 0.844. The van der Waals surface area contributed by atoms with Crippen LogP contribution in [0.2, 0.25) is 0 Å². The van der Waals surface area contributed by atoms with Gasteiger partial charge < -0.3 is 10.1 Å². The average molecular weight is 223 g/mol. The molecule has 0 aromatic heterocycles. The lowest BCUT2D eigenvalue weighted by atomic mass is 10.1. The molecule has 1 aliphatic rings. The predicted octanol–water partition coefficient (Wildman–Crippen LogP) is 3.44. The molecule has 2 rings (SSSR count). The Bertz CT molecular complexity index is 348. The molecule has 0 aliphatic heterocycles.